The van der Waals surface area contributed by atoms with Gasteiger partial charge in [0.2, 0.25) is 5.91 Å². The molecule has 5 nitrogen and oxygen atoms in total. The smallest absolute Gasteiger partial charge is 0.244 e. The Labute approximate surface area is 217 Å². The summed E-state index contributed by atoms with van der Waals surface area (Å²) in [6.07, 6.45) is 5.37. The molecule has 0 saturated carbocycles. The number of rotatable bonds is 9. The van der Waals surface area contributed by atoms with Gasteiger partial charge in [0, 0.05) is 30.1 Å². The van der Waals surface area contributed by atoms with Crippen molar-refractivity contribution in [2.45, 2.75) is 25.3 Å². The van der Waals surface area contributed by atoms with Crippen molar-refractivity contribution >= 4 is 17.8 Å². The molecule has 1 N–H and O–H groups in total. The minimum atomic E-state index is -0.344. The molecule has 0 spiro atoms. The number of nitrogens with zero attached hydrogens (tertiary/aromatic N) is 2. The van der Waals surface area contributed by atoms with E-state index in [9.17, 15) is 14.0 Å². The first kappa shape index (κ1) is 26.0. The van der Waals surface area contributed by atoms with E-state index in [1.807, 2.05) is 24.3 Å². The van der Waals surface area contributed by atoms with Crippen LogP contribution in [0.3, 0.4) is 0 Å². The van der Waals surface area contributed by atoms with Crippen LogP contribution in [-0.2, 0) is 11.2 Å². The van der Waals surface area contributed by atoms with Gasteiger partial charge in [-0.2, -0.15) is 5.26 Å². The highest BCUT2D eigenvalue weighted by Gasteiger charge is 2.27. The number of likely N-dealkylation sites (tertiary alicyclic amines) is 1. The van der Waals surface area contributed by atoms with Crippen LogP contribution in [0.25, 0.3) is 6.08 Å². The predicted octanol–water partition coefficient (Wildman–Crippen LogP) is 5.03. The molecular formula is C31H30FN3O2. The third-order valence-corrected chi connectivity index (χ3v) is 6.68. The zero-order valence-corrected chi connectivity index (χ0v) is 20.6. The molecule has 1 atom stereocenters. The predicted molar refractivity (Wildman–Crippen MR) is 142 cm³/mol. The Morgan fingerprint density at radius 2 is 1.76 bits per heavy atom. The van der Waals surface area contributed by atoms with Crippen molar-refractivity contribution in [3.05, 3.63) is 113 Å². The summed E-state index contributed by atoms with van der Waals surface area (Å²) in [5.41, 5.74) is 3.04. The maximum absolute atomic E-state index is 13.2. The van der Waals surface area contributed by atoms with E-state index in [1.165, 1.54) is 18.2 Å². The van der Waals surface area contributed by atoms with Crippen LogP contribution in [-0.4, -0.2) is 42.3 Å². The summed E-state index contributed by atoms with van der Waals surface area (Å²) in [7, 11) is 0. The quantitative estimate of drug-likeness (QED) is 0.334. The van der Waals surface area contributed by atoms with Gasteiger partial charge < -0.3 is 10.2 Å². The number of ketones is 1. The molecule has 1 saturated heterocycles. The van der Waals surface area contributed by atoms with Gasteiger partial charge in [-0.05, 0) is 86.0 Å². The topological polar surface area (TPSA) is 73.2 Å². The van der Waals surface area contributed by atoms with E-state index in [-0.39, 0.29) is 29.5 Å². The van der Waals surface area contributed by atoms with Crippen molar-refractivity contribution in [1.29, 1.82) is 5.26 Å². The van der Waals surface area contributed by atoms with E-state index in [0.29, 0.717) is 24.1 Å². The van der Waals surface area contributed by atoms with Gasteiger partial charge in [0.05, 0.1) is 11.6 Å². The highest BCUT2D eigenvalue weighted by Crippen LogP contribution is 2.22. The lowest BCUT2D eigenvalue weighted by atomic mass is 9.88. The maximum Gasteiger partial charge on any atom is 0.244 e. The van der Waals surface area contributed by atoms with E-state index in [4.69, 9.17) is 5.26 Å². The van der Waals surface area contributed by atoms with Crippen molar-refractivity contribution < 1.29 is 14.0 Å². The molecule has 1 fully saturated rings. The third-order valence-electron chi connectivity index (χ3n) is 6.68. The Balaban J connectivity index is 1.36. The zero-order chi connectivity index (χ0) is 26.0. The second-order valence-corrected chi connectivity index (χ2v) is 9.41. The summed E-state index contributed by atoms with van der Waals surface area (Å²) in [6, 6.07) is 24.9. The molecule has 188 valence electrons. The molecule has 0 radical (unpaired) electrons. The second kappa shape index (κ2) is 12.8. The molecule has 0 aromatic heterocycles. The Bertz CT molecular complexity index is 1270. The number of nitrogens with one attached hydrogen (secondary N) is 1. The maximum atomic E-state index is 13.2. The third kappa shape index (κ3) is 7.70. The van der Waals surface area contributed by atoms with Crippen LogP contribution in [0.2, 0.25) is 0 Å². The summed E-state index contributed by atoms with van der Waals surface area (Å²) in [5, 5.41) is 12.2. The Morgan fingerprint density at radius 1 is 1.03 bits per heavy atom. The monoisotopic (exact) mass is 495 g/mol. The number of carbonyl (C=O) groups excluding carboxylic acids is 2. The second-order valence-electron chi connectivity index (χ2n) is 9.41. The molecule has 6 heteroatoms. The largest absolute Gasteiger partial charge is 0.348 e. The molecule has 4 rings (SSSR count). The van der Waals surface area contributed by atoms with E-state index in [2.05, 4.69) is 28.4 Å². The van der Waals surface area contributed by atoms with Crippen molar-refractivity contribution in [2.75, 3.05) is 19.6 Å². The first-order chi connectivity index (χ1) is 18.0. The van der Waals surface area contributed by atoms with Gasteiger partial charge in [-0.1, -0.05) is 42.5 Å². The van der Waals surface area contributed by atoms with Gasteiger partial charge in [0.15, 0.2) is 5.78 Å². The van der Waals surface area contributed by atoms with Crippen LogP contribution in [0.15, 0.2) is 84.9 Å². The van der Waals surface area contributed by atoms with Crippen LogP contribution in [0.4, 0.5) is 4.39 Å². The Hall–Kier alpha value is -4.08. The minimum absolute atomic E-state index is 0.0689. The Morgan fingerprint density at radius 3 is 2.46 bits per heavy atom. The van der Waals surface area contributed by atoms with Crippen LogP contribution >= 0.6 is 0 Å². The number of carbonyl (C=O) groups is 2. The molecule has 0 unspecified atom stereocenters. The van der Waals surface area contributed by atoms with Crippen LogP contribution in [0.1, 0.15) is 39.9 Å². The highest BCUT2D eigenvalue weighted by molar-refractivity contribution is 5.97. The van der Waals surface area contributed by atoms with E-state index >= 15 is 0 Å². The van der Waals surface area contributed by atoms with Crippen molar-refractivity contribution in [3.8, 4) is 6.07 Å². The molecular weight excluding hydrogens is 465 g/mol. The van der Waals surface area contributed by atoms with Gasteiger partial charge in [-0.25, -0.2) is 4.39 Å². The standard InChI is InChI=1S/C31H30FN3O2/c32-28-12-10-26(11-13-28)31(37)27-15-17-35(18-16-27)22-29(20-23-5-2-1-3-6-23)34-30(36)14-9-24-7-4-8-25(19-24)21-33/h1-14,19,27,29H,15-18,20,22H2,(H,34,36)/b14-9+/t29-/m1/s1. The lowest BCUT2D eigenvalue weighted by Crippen LogP contribution is -2.47. The molecule has 1 aliphatic heterocycles. The zero-order valence-electron chi connectivity index (χ0n) is 20.6. The summed E-state index contributed by atoms with van der Waals surface area (Å²) >= 11 is 0. The fourth-order valence-electron chi connectivity index (χ4n) is 4.73. The number of amides is 1. The average Bonchev–Trinajstić information content (AvgIpc) is 2.93. The first-order valence-corrected chi connectivity index (χ1v) is 12.5. The summed E-state index contributed by atoms with van der Waals surface area (Å²) in [4.78, 5) is 27.9. The number of Topliss-reactive ketones (excluding diaryl/α,β-unsaturated/α-hetero) is 1. The number of hydrogen-bond donors (Lipinski definition) is 1. The molecule has 1 heterocycles. The van der Waals surface area contributed by atoms with Crippen molar-refractivity contribution in [2.24, 2.45) is 5.92 Å². The fourth-order valence-corrected chi connectivity index (χ4v) is 4.73. The van der Waals surface area contributed by atoms with Gasteiger partial charge in [-0.3, -0.25) is 9.59 Å². The van der Waals surface area contributed by atoms with Crippen molar-refractivity contribution in [3.63, 3.8) is 0 Å². The van der Waals surface area contributed by atoms with E-state index < -0.39 is 0 Å². The molecule has 3 aromatic carbocycles. The molecule has 1 aliphatic rings. The fraction of sp³-hybridized carbons (Fsp3) is 0.258. The van der Waals surface area contributed by atoms with Gasteiger partial charge >= 0.3 is 0 Å². The molecule has 0 bridgehead atoms. The Kier molecular flexibility index (Phi) is 8.96. The average molecular weight is 496 g/mol. The lowest BCUT2D eigenvalue weighted by Gasteiger charge is -2.34. The van der Waals surface area contributed by atoms with E-state index in [0.717, 1.165) is 37.1 Å². The highest BCUT2D eigenvalue weighted by atomic mass is 19.1. The summed E-state index contributed by atoms with van der Waals surface area (Å²) < 4.78 is 13.2. The van der Waals surface area contributed by atoms with Crippen LogP contribution < -0.4 is 5.32 Å². The first-order valence-electron chi connectivity index (χ1n) is 12.5. The number of piperidine rings is 1. The van der Waals surface area contributed by atoms with Crippen LogP contribution in [0.5, 0.6) is 0 Å². The summed E-state index contributed by atoms with van der Waals surface area (Å²) in [5.74, 6) is -0.538. The molecule has 37 heavy (non-hydrogen) atoms. The normalized spacial score (nSPS) is 15.2. The van der Waals surface area contributed by atoms with Gasteiger partial charge in [0.25, 0.3) is 0 Å². The molecule has 0 aliphatic carbocycles. The van der Waals surface area contributed by atoms with E-state index in [1.54, 1.807) is 36.4 Å². The van der Waals surface area contributed by atoms with Gasteiger partial charge in [-0.15, -0.1) is 0 Å². The number of benzene rings is 3. The number of hydrogen-bond acceptors (Lipinski definition) is 4. The SMILES string of the molecule is N#Cc1cccc(/C=C/C(=O)N[C@H](Cc2ccccc2)CN2CCC(C(=O)c3ccc(F)cc3)CC2)c1. The van der Waals surface area contributed by atoms with Crippen LogP contribution in [0, 0.1) is 23.1 Å². The summed E-state index contributed by atoms with van der Waals surface area (Å²) in [6.45, 7) is 2.20. The minimum Gasteiger partial charge on any atom is -0.348 e. The number of halogens is 1. The molecule has 1 amide bonds. The van der Waals surface area contributed by atoms with Gasteiger partial charge in [0.1, 0.15) is 5.82 Å². The van der Waals surface area contributed by atoms with Crippen molar-refractivity contribution in [1.82, 2.24) is 10.2 Å². The molecule has 3 aromatic rings. The lowest BCUT2D eigenvalue weighted by molar-refractivity contribution is -0.117. The number of nitriles is 1.